The quantitative estimate of drug-likeness (QED) is 0.442. The predicted molar refractivity (Wildman–Crippen MR) is 148 cm³/mol. The van der Waals surface area contributed by atoms with E-state index < -0.39 is 0 Å². The van der Waals surface area contributed by atoms with Crippen LogP contribution in [-0.2, 0) is 17.8 Å². The van der Waals surface area contributed by atoms with Crippen molar-refractivity contribution in [3.05, 3.63) is 94.0 Å². The molecular weight excluding hydrogens is 464 g/mol. The van der Waals surface area contributed by atoms with Crippen molar-refractivity contribution < 1.29 is 14.3 Å². The molecule has 0 aliphatic carbocycles. The molecule has 0 saturated carbocycles. The number of rotatable bonds is 7. The number of hydrogen-bond donors (Lipinski definition) is 3. The number of carbonyl (C=O) groups is 2. The van der Waals surface area contributed by atoms with E-state index in [0.717, 1.165) is 27.9 Å². The highest BCUT2D eigenvalue weighted by Gasteiger charge is 2.28. The SMILES string of the molecule is Cc1ccc(C(=O)Nc2cc(C(=O)NCc3cccc(CN)c3)ccc2N2C(C)COCC2C)cc1C. The standard InChI is InChI=1S/C30H36N4O3/c1-19-8-9-25(12-20(19)2)30(36)33-27-14-26(10-11-28(27)34-21(3)17-37-18-22(34)4)29(35)32-16-24-7-5-6-23(13-24)15-31/h5-14,21-22H,15-18,31H2,1-4H3,(H,32,35)(H,33,36). The van der Waals surface area contributed by atoms with Crippen molar-refractivity contribution in [2.45, 2.75) is 52.9 Å². The van der Waals surface area contributed by atoms with Crippen molar-refractivity contribution in [2.75, 3.05) is 23.4 Å². The Balaban J connectivity index is 1.62. The monoisotopic (exact) mass is 500 g/mol. The molecule has 7 heteroatoms. The Kier molecular flexibility index (Phi) is 8.26. The van der Waals surface area contributed by atoms with Gasteiger partial charge >= 0.3 is 0 Å². The summed E-state index contributed by atoms with van der Waals surface area (Å²) < 4.78 is 5.71. The topological polar surface area (TPSA) is 96.7 Å². The highest BCUT2D eigenvalue weighted by atomic mass is 16.5. The molecule has 0 radical (unpaired) electrons. The molecule has 7 nitrogen and oxygen atoms in total. The van der Waals surface area contributed by atoms with E-state index in [2.05, 4.69) is 29.4 Å². The van der Waals surface area contributed by atoms with Crippen LogP contribution in [0.5, 0.6) is 0 Å². The summed E-state index contributed by atoms with van der Waals surface area (Å²) in [6, 6.07) is 19.2. The fourth-order valence-electron chi connectivity index (χ4n) is 4.71. The van der Waals surface area contributed by atoms with Gasteiger partial charge in [-0.25, -0.2) is 0 Å². The van der Waals surface area contributed by atoms with Crippen LogP contribution in [-0.4, -0.2) is 37.1 Å². The van der Waals surface area contributed by atoms with Crippen LogP contribution in [0.4, 0.5) is 11.4 Å². The van der Waals surface area contributed by atoms with Crippen LogP contribution in [0.3, 0.4) is 0 Å². The van der Waals surface area contributed by atoms with E-state index in [-0.39, 0.29) is 23.9 Å². The van der Waals surface area contributed by atoms with E-state index >= 15 is 0 Å². The molecule has 3 aromatic rings. The number of nitrogens with zero attached hydrogens (tertiary/aromatic N) is 1. The Morgan fingerprint density at radius 1 is 0.892 bits per heavy atom. The van der Waals surface area contributed by atoms with Crippen molar-refractivity contribution >= 4 is 23.2 Å². The van der Waals surface area contributed by atoms with Gasteiger partial charge in [-0.1, -0.05) is 30.3 Å². The maximum absolute atomic E-state index is 13.3. The summed E-state index contributed by atoms with van der Waals surface area (Å²) in [5.41, 5.74) is 12.4. The highest BCUT2D eigenvalue weighted by molar-refractivity contribution is 6.07. The Bertz CT molecular complexity index is 1280. The van der Waals surface area contributed by atoms with Crippen LogP contribution in [0.15, 0.2) is 60.7 Å². The van der Waals surface area contributed by atoms with Gasteiger partial charge in [-0.05, 0) is 80.3 Å². The van der Waals surface area contributed by atoms with Crippen molar-refractivity contribution in [1.82, 2.24) is 5.32 Å². The number of hydrogen-bond acceptors (Lipinski definition) is 5. The molecule has 0 aromatic heterocycles. The number of carbonyl (C=O) groups excluding carboxylic acids is 2. The van der Waals surface area contributed by atoms with Gasteiger partial charge in [0.1, 0.15) is 0 Å². The van der Waals surface area contributed by atoms with Crippen molar-refractivity contribution in [3.8, 4) is 0 Å². The third kappa shape index (κ3) is 6.18. The molecule has 1 fully saturated rings. The zero-order chi connectivity index (χ0) is 26.5. The minimum atomic E-state index is -0.214. The maximum Gasteiger partial charge on any atom is 0.255 e. The first-order chi connectivity index (χ1) is 17.8. The van der Waals surface area contributed by atoms with Gasteiger partial charge in [0.05, 0.1) is 24.6 Å². The van der Waals surface area contributed by atoms with Gasteiger partial charge in [0, 0.05) is 36.3 Å². The molecule has 2 unspecified atom stereocenters. The summed E-state index contributed by atoms with van der Waals surface area (Å²) in [6.07, 6.45) is 0. The van der Waals surface area contributed by atoms with Crippen LogP contribution < -0.4 is 21.3 Å². The largest absolute Gasteiger partial charge is 0.377 e. The minimum absolute atomic E-state index is 0.121. The fourth-order valence-corrected chi connectivity index (χ4v) is 4.71. The fraction of sp³-hybridized carbons (Fsp3) is 0.333. The Hall–Kier alpha value is -3.68. The smallest absolute Gasteiger partial charge is 0.255 e. The van der Waals surface area contributed by atoms with Crippen LogP contribution in [0, 0.1) is 13.8 Å². The zero-order valence-electron chi connectivity index (χ0n) is 22.0. The molecule has 0 spiro atoms. The average molecular weight is 501 g/mol. The number of anilines is 2. The lowest BCUT2D eigenvalue weighted by atomic mass is 10.0. The van der Waals surface area contributed by atoms with Gasteiger partial charge in [-0.2, -0.15) is 0 Å². The number of nitrogens with one attached hydrogen (secondary N) is 2. The summed E-state index contributed by atoms with van der Waals surface area (Å²) in [5.74, 6) is -0.427. The molecule has 1 heterocycles. The first-order valence-corrected chi connectivity index (χ1v) is 12.7. The summed E-state index contributed by atoms with van der Waals surface area (Å²) in [5, 5.41) is 6.06. The Morgan fingerprint density at radius 3 is 2.27 bits per heavy atom. The number of amides is 2. The molecule has 194 valence electrons. The van der Waals surface area contributed by atoms with Crippen molar-refractivity contribution in [2.24, 2.45) is 5.73 Å². The number of ether oxygens (including phenoxy) is 1. The molecule has 4 N–H and O–H groups in total. The Morgan fingerprint density at radius 2 is 1.57 bits per heavy atom. The third-order valence-corrected chi connectivity index (χ3v) is 6.90. The normalized spacial score (nSPS) is 17.4. The second-order valence-electron chi connectivity index (χ2n) is 9.83. The summed E-state index contributed by atoms with van der Waals surface area (Å²) in [6.45, 7) is 10.2. The highest BCUT2D eigenvalue weighted by Crippen LogP contribution is 2.33. The maximum atomic E-state index is 13.3. The average Bonchev–Trinajstić information content (AvgIpc) is 2.89. The van der Waals surface area contributed by atoms with Gasteiger partial charge in [0.2, 0.25) is 0 Å². The molecule has 1 aliphatic rings. The second kappa shape index (κ2) is 11.6. The zero-order valence-corrected chi connectivity index (χ0v) is 22.0. The van der Waals surface area contributed by atoms with E-state index in [1.165, 1.54) is 0 Å². The first kappa shape index (κ1) is 26.4. The van der Waals surface area contributed by atoms with Gasteiger partial charge < -0.3 is 26.0 Å². The van der Waals surface area contributed by atoms with Crippen molar-refractivity contribution in [1.29, 1.82) is 0 Å². The van der Waals surface area contributed by atoms with Crippen LogP contribution in [0.2, 0.25) is 0 Å². The van der Waals surface area contributed by atoms with E-state index in [1.54, 1.807) is 6.07 Å². The minimum Gasteiger partial charge on any atom is -0.377 e. The lowest BCUT2D eigenvalue weighted by Gasteiger charge is -2.41. The van der Waals surface area contributed by atoms with Crippen LogP contribution >= 0.6 is 0 Å². The first-order valence-electron chi connectivity index (χ1n) is 12.7. The molecule has 2 atom stereocenters. The third-order valence-electron chi connectivity index (χ3n) is 6.90. The molecule has 1 saturated heterocycles. The van der Waals surface area contributed by atoms with Crippen LogP contribution in [0.1, 0.15) is 56.8 Å². The molecule has 3 aromatic carbocycles. The van der Waals surface area contributed by atoms with E-state index in [4.69, 9.17) is 10.5 Å². The predicted octanol–water partition coefficient (Wildman–Crippen LogP) is 4.56. The summed E-state index contributed by atoms with van der Waals surface area (Å²) in [7, 11) is 0. The lowest BCUT2D eigenvalue weighted by molar-refractivity contribution is 0.0757. The number of morpholine rings is 1. The van der Waals surface area contributed by atoms with Gasteiger partial charge in [0.15, 0.2) is 0 Å². The molecular formula is C30H36N4O3. The summed E-state index contributed by atoms with van der Waals surface area (Å²) >= 11 is 0. The number of benzene rings is 3. The van der Waals surface area contributed by atoms with E-state index in [0.29, 0.717) is 43.1 Å². The molecule has 4 rings (SSSR count). The Labute approximate surface area is 219 Å². The van der Waals surface area contributed by atoms with Crippen molar-refractivity contribution in [3.63, 3.8) is 0 Å². The number of aryl methyl sites for hydroxylation is 2. The molecule has 37 heavy (non-hydrogen) atoms. The van der Waals surface area contributed by atoms with Gasteiger partial charge in [0.25, 0.3) is 11.8 Å². The van der Waals surface area contributed by atoms with Crippen LogP contribution in [0.25, 0.3) is 0 Å². The molecule has 1 aliphatic heterocycles. The van der Waals surface area contributed by atoms with Gasteiger partial charge in [-0.3, -0.25) is 9.59 Å². The summed E-state index contributed by atoms with van der Waals surface area (Å²) in [4.78, 5) is 28.6. The van der Waals surface area contributed by atoms with Gasteiger partial charge in [-0.15, -0.1) is 0 Å². The molecule has 0 bridgehead atoms. The molecule has 2 amide bonds. The van der Waals surface area contributed by atoms with E-state index in [1.807, 2.05) is 68.4 Å². The lowest BCUT2D eigenvalue weighted by Crippen LogP contribution is -2.50. The number of nitrogens with two attached hydrogens (primary N) is 1. The van der Waals surface area contributed by atoms with E-state index in [9.17, 15) is 9.59 Å². The second-order valence-corrected chi connectivity index (χ2v) is 9.83.